The maximum absolute atomic E-state index is 13.5. The minimum absolute atomic E-state index is 0.198. The first-order valence-corrected chi connectivity index (χ1v) is 6.34. The third-order valence-corrected chi connectivity index (χ3v) is 3.12. The summed E-state index contributed by atoms with van der Waals surface area (Å²) in [7, 11) is 0. The smallest absolute Gasteiger partial charge is 0.244 e. The summed E-state index contributed by atoms with van der Waals surface area (Å²) < 4.78 is 13.5. The van der Waals surface area contributed by atoms with Crippen molar-refractivity contribution in [3.63, 3.8) is 0 Å². The van der Waals surface area contributed by atoms with Gasteiger partial charge in [-0.25, -0.2) is 4.39 Å². The molecule has 0 aliphatic carbocycles. The summed E-state index contributed by atoms with van der Waals surface area (Å²) in [5, 5.41) is 9.58. The number of hydrogen-bond donors (Lipinski definition) is 2. The molecule has 0 spiro atoms. The van der Waals surface area contributed by atoms with Gasteiger partial charge in [0.15, 0.2) is 0 Å². The van der Waals surface area contributed by atoms with Crippen LogP contribution >= 0.6 is 11.6 Å². The maximum atomic E-state index is 13.5. The number of rotatable bonds is 4. The van der Waals surface area contributed by atoms with Crippen LogP contribution in [0.5, 0.6) is 0 Å². The average molecular weight is 294 g/mol. The number of aryl methyl sites for hydroxylation is 1. The first kappa shape index (κ1) is 14.3. The Bertz CT molecular complexity index is 631. The van der Waals surface area contributed by atoms with Crippen LogP contribution in [0, 0.1) is 12.7 Å². The lowest BCUT2D eigenvalue weighted by molar-refractivity contribution is -0.116. The molecule has 2 N–H and O–H groups in total. The molecule has 104 valence electrons. The van der Waals surface area contributed by atoms with Crippen molar-refractivity contribution >= 4 is 23.6 Å². The molecule has 1 aromatic heterocycles. The SMILES string of the molecule is Cc1[nH]ncc1CNC(=O)/C=C/c1c(F)cccc1Cl. The Balaban J connectivity index is 1.98. The zero-order valence-corrected chi connectivity index (χ0v) is 11.5. The number of hydrogen-bond acceptors (Lipinski definition) is 2. The van der Waals surface area contributed by atoms with Crippen LogP contribution in [-0.4, -0.2) is 16.1 Å². The fourth-order valence-corrected chi connectivity index (χ4v) is 1.85. The van der Waals surface area contributed by atoms with Crippen LogP contribution in [-0.2, 0) is 11.3 Å². The predicted molar refractivity (Wildman–Crippen MR) is 75.6 cm³/mol. The normalized spacial score (nSPS) is 10.9. The monoisotopic (exact) mass is 293 g/mol. The Morgan fingerprint density at radius 2 is 2.35 bits per heavy atom. The molecule has 0 unspecified atom stereocenters. The summed E-state index contributed by atoms with van der Waals surface area (Å²) in [5.41, 5.74) is 1.99. The molecule has 2 aromatic rings. The van der Waals surface area contributed by atoms with E-state index in [9.17, 15) is 9.18 Å². The summed E-state index contributed by atoms with van der Waals surface area (Å²) in [6.07, 6.45) is 4.25. The topological polar surface area (TPSA) is 57.8 Å². The minimum Gasteiger partial charge on any atom is -0.348 e. The molecule has 4 nitrogen and oxygen atoms in total. The van der Waals surface area contributed by atoms with E-state index in [2.05, 4.69) is 15.5 Å². The number of halogens is 2. The van der Waals surface area contributed by atoms with Gasteiger partial charge in [0.05, 0.1) is 11.2 Å². The van der Waals surface area contributed by atoms with Crippen molar-refractivity contribution in [1.82, 2.24) is 15.5 Å². The van der Waals surface area contributed by atoms with Crippen molar-refractivity contribution in [2.45, 2.75) is 13.5 Å². The lowest BCUT2D eigenvalue weighted by atomic mass is 10.2. The second-order valence-electron chi connectivity index (χ2n) is 4.21. The number of benzene rings is 1. The molecule has 2 rings (SSSR count). The van der Waals surface area contributed by atoms with Crippen LogP contribution in [0.4, 0.5) is 4.39 Å². The van der Waals surface area contributed by atoms with E-state index in [0.29, 0.717) is 6.54 Å². The highest BCUT2D eigenvalue weighted by Gasteiger charge is 2.05. The third-order valence-electron chi connectivity index (χ3n) is 2.79. The van der Waals surface area contributed by atoms with E-state index in [1.54, 1.807) is 12.3 Å². The van der Waals surface area contributed by atoms with Crippen molar-refractivity contribution in [3.8, 4) is 0 Å². The molecule has 0 aliphatic heterocycles. The molecule has 6 heteroatoms. The Morgan fingerprint density at radius 1 is 1.55 bits per heavy atom. The van der Waals surface area contributed by atoms with Gasteiger partial charge in [0, 0.05) is 29.4 Å². The van der Waals surface area contributed by atoms with Crippen molar-refractivity contribution in [2.75, 3.05) is 0 Å². The van der Waals surface area contributed by atoms with Gasteiger partial charge in [-0.15, -0.1) is 0 Å². The van der Waals surface area contributed by atoms with E-state index in [0.717, 1.165) is 11.3 Å². The molecule has 0 atom stereocenters. The Hall–Kier alpha value is -2.14. The van der Waals surface area contributed by atoms with Crippen LogP contribution in [0.2, 0.25) is 5.02 Å². The second-order valence-corrected chi connectivity index (χ2v) is 4.61. The van der Waals surface area contributed by atoms with Gasteiger partial charge < -0.3 is 5.32 Å². The minimum atomic E-state index is -0.466. The van der Waals surface area contributed by atoms with Crippen LogP contribution in [0.15, 0.2) is 30.5 Å². The highest BCUT2D eigenvalue weighted by Crippen LogP contribution is 2.20. The van der Waals surface area contributed by atoms with Crippen LogP contribution in [0.25, 0.3) is 6.08 Å². The van der Waals surface area contributed by atoms with Crippen molar-refractivity contribution in [2.24, 2.45) is 0 Å². The zero-order chi connectivity index (χ0) is 14.5. The van der Waals surface area contributed by atoms with Gasteiger partial charge in [0.2, 0.25) is 5.91 Å². The lowest BCUT2D eigenvalue weighted by Crippen LogP contribution is -2.20. The van der Waals surface area contributed by atoms with Gasteiger partial charge >= 0.3 is 0 Å². The number of nitrogens with one attached hydrogen (secondary N) is 2. The van der Waals surface area contributed by atoms with E-state index in [1.165, 1.54) is 24.3 Å². The van der Waals surface area contributed by atoms with Gasteiger partial charge in [-0.1, -0.05) is 17.7 Å². The molecule has 1 aromatic carbocycles. The second kappa shape index (κ2) is 6.34. The van der Waals surface area contributed by atoms with E-state index < -0.39 is 5.82 Å². The first-order valence-electron chi connectivity index (χ1n) is 5.96. The van der Waals surface area contributed by atoms with Gasteiger partial charge in [0.25, 0.3) is 0 Å². The first-order chi connectivity index (χ1) is 9.58. The van der Waals surface area contributed by atoms with Crippen molar-refractivity contribution in [3.05, 3.63) is 58.1 Å². The lowest BCUT2D eigenvalue weighted by Gasteiger charge is -2.02. The summed E-state index contributed by atoms with van der Waals surface area (Å²) >= 11 is 5.86. The number of aromatic amines is 1. The Morgan fingerprint density at radius 3 is 3.00 bits per heavy atom. The number of H-pyrrole nitrogens is 1. The third kappa shape index (κ3) is 3.45. The van der Waals surface area contributed by atoms with E-state index in [4.69, 9.17) is 11.6 Å². The molecule has 1 heterocycles. The maximum Gasteiger partial charge on any atom is 0.244 e. The average Bonchev–Trinajstić information content (AvgIpc) is 2.81. The number of amides is 1. The van der Waals surface area contributed by atoms with Crippen molar-refractivity contribution in [1.29, 1.82) is 0 Å². The molecule has 0 radical (unpaired) electrons. The highest BCUT2D eigenvalue weighted by atomic mass is 35.5. The Kier molecular flexibility index (Phi) is 4.53. The Labute approximate surface area is 120 Å². The molecular formula is C14H13ClFN3O. The summed E-state index contributed by atoms with van der Waals surface area (Å²) in [6.45, 7) is 2.22. The molecule has 20 heavy (non-hydrogen) atoms. The molecular weight excluding hydrogens is 281 g/mol. The molecule has 0 saturated carbocycles. The van der Waals surface area contributed by atoms with E-state index >= 15 is 0 Å². The van der Waals surface area contributed by atoms with Crippen LogP contribution < -0.4 is 5.32 Å². The van der Waals surface area contributed by atoms with Gasteiger partial charge in [-0.05, 0) is 25.1 Å². The molecule has 0 aliphatic rings. The fraction of sp³-hybridized carbons (Fsp3) is 0.143. The van der Waals surface area contributed by atoms with Crippen LogP contribution in [0.3, 0.4) is 0 Å². The number of aromatic nitrogens is 2. The van der Waals surface area contributed by atoms with Crippen LogP contribution in [0.1, 0.15) is 16.8 Å². The van der Waals surface area contributed by atoms with E-state index in [-0.39, 0.29) is 16.5 Å². The molecule has 1 amide bonds. The van der Waals surface area contributed by atoms with Gasteiger partial charge in [0.1, 0.15) is 5.82 Å². The quantitative estimate of drug-likeness (QED) is 0.852. The summed E-state index contributed by atoms with van der Waals surface area (Å²) in [5.74, 6) is -0.794. The molecule has 0 fully saturated rings. The zero-order valence-electron chi connectivity index (χ0n) is 10.8. The van der Waals surface area contributed by atoms with E-state index in [1.807, 2.05) is 6.92 Å². The van der Waals surface area contributed by atoms with Crippen molar-refractivity contribution < 1.29 is 9.18 Å². The van der Waals surface area contributed by atoms with Gasteiger partial charge in [-0.2, -0.15) is 5.10 Å². The fourth-order valence-electron chi connectivity index (χ4n) is 1.62. The summed E-state index contributed by atoms with van der Waals surface area (Å²) in [6, 6.07) is 4.37. The number of carbonyl (C=O) groups is 1. The number of nitrogens with zero attached hydrogens (tertiary/aromatic N) is 1. The highest BCUT2D eigenvalue weighted by molar-refractivity contribution is 6.32. The standard InChI is InChI=1S/C14H13ClFN3O/c1-9-10(8-18-19-9)7-17-14(20)6-5-11-12(15)3-2-4-13(11)16/h2-6,8H,7H2,1H3,(H,17,20)(H,18,19)/b6-5+. The molecule has 0 bridgehead atoms. The molecule has 0 saturated heterocycles. The number of carbonyl (C=O) groups excluding carboxylic acids is 1. The predicted octanol–water partition coefficient (Wildman–Crippen LogP) is 2.84. The largest absolute Gasteiger partial charge is 0.348 e. The van der Waals surface area contributed by atoms with Gasteiger partial charge in [-0.3, -0.25) is 9.89 Å². The summed E-state index contributed by atoms with van der Waals surface area (Å²) in [4.78, 5) is 11.7.